The Bertz CT molecular complexity index is 3360. The Balaban J connectivity index is 0.721. The van der Waals surface area contributed by atoms with Gasteiger partial charge in [0.05, 0.1) is 78.2 Å². The zero-order chi connectivity index (χ0) is 61.7. The van der Waals surface area contributed by atoms with Crippen LogP contribution in [0, 0.1) is 0 Å². The largest absolute Gasteiger partial charge is 0.368 e. The third-order valence-corrected chi connectivity index (χ3v) is 15.5. The summed E-state index contributed by atoms with van der Waals surface area (Å²) >= 11 is 0. The van der Waals surface area contributed by atoms with E-state index < -0.39 is 73.2 Å². The first-order chi connectivity index (χ1) is 44.3. The van der Waals surface area contributed by atoms with Crippen LogP contribution in [0.1, 0.15) is 65.5 Å². The predicted octanol–water partition coefficient (Wildman–Crippen LogP) is 8.98. The van der Waals surface area contributed by atoms with Crippen molar-refractivity contribution in [3.05, 3.63) is 275 Å². The molecule has 2 aromatic heterocycles. The van der Waals surface area contributed by atoms with Crippen molar-refractivity contribution in [2.24, 2.45) is 0 Å². The highest BCUT2D eigenvalue weighted by Gasteiger charge is 2.50. The van der Waals surface area contributed by atoms with Gasteiger partial charge in [0.15, 0.2) is 12.6 Å². The molecule has 9 aromatic rings. The summed E-state index contributed by atoms with van der Waals surface area (Å²) < 4.78 is 68.9. The molecule has 0 unspecified atom stereocenters. The van der Waals surface area contributed by atoms with E-state index in [2.05, 4.69) is 31.3 Å². The van der Waals surface area contributed by atoms with E-state index in [-0.39, 0.29) is 50.5 Å². The van der Waals surface area contributed by atoms with Crippen molar-refractivity contribution in [2.75, 3.05) is 14.2 Å². The van der Waals surface area contributed by atoms with Crippen molar-refractivity contribution in [1.82, 2.24) is 40.6 Å². The van der Waals surface area contributed by atoms with Gasteiger partial charge in [-0.05, 0) is 51.6 Å². The zero-order valence-electron chi connectivity index (χ0n) is 50.2. The Morgan fingerprint density at radius 2 is 0.678 bits per heavy atom. The Hall–Kier alpha value is -8.64. The molecule has 2 amide bonds. The first-order valence-electron chi connectivity index (χ1n) is 30.1. The van der Waals surface area contributed by atoms with Gasteiger partial charge in [0, 0.05) is 25.3 Å². The van der Waals surface area contributed by atoms with Crippen LogP contribution in [0.2, 0.25) is 0 Å². The Kier molecular flexibility index (Phi) is 22.5. The molecule has 2 N–H and O–H groups in total. The highest BCUT2D eigenvalue weighted by molar-refractivity contribution is 5.99. The van der Waals surface area contributed by atoms with E-state index in [9.17, 15) is 9.59 Å². The number of hydrogen-bond acceptors (Lipinski definition) is 16. The molecule has 90 heavy (non-hydrogen) atoms. The molecule has 0 saturated carbocycles. The van der Waals surface area contributed by atoms with E-state index in [1.54, 1.807) is 54.2 Å². The van der Waals surface area contributed by atoms with E-state index in [0.717, 1.165) is 33.4 Å². The fraction of sp³-hybridized carbons (Fsp3) is 0.314. The number of methoxy groups -OCH3 is 2. The molecule has 466 valence electrons. The number of carbonyl (C=O) groups excluding carboxylic acids is 2. The molecule has 0 bridgehead atoms. The summed E-state index contributed by atoms with van der Waals surface area (Å²) in [6.45, 7) is 2.23. The molecule has 0 spiro atoms. The maximum Gasteiger partial charge on any atom is 0.251 e. The lowest BCUT2D eigenvalue weighted by atomic mass is 9.97. The van der Waals surface area contributed by atoms with Crippen molar-refractivity contribution in [3.63, 3.8) is 0 Å². The van der Waals surface area contributed by atoms with E-state index in [0.29, 0.717) is 37.8 Å². The van der Waals surface area contributed by atoms with Gasteiger partial charge in [-0.3, -0.25) is 9.59 Å². The van der Waals surface area contributed by atoms with Crippen LogP contribution in [0.3, 0.4) is 0 Å². The zero-order valence-corrected chi connectivity index (χ0v) is 50.2. The minimum absolute atomic E-state index is 0.0468. The van der Waals surface area contributed by atoms with Crippen LogP contribution in [-0.4, -0.2) is 117 Å². The molecule has 11 rings (SSSR count). The van der Waals surface area contributed by atoms with Crippen molar-refractivity contribution in [3.8, 4) is 0 Å². The molecule has 0 aliphatic carbocycles. The average molecular weight is 1220 g/mol. The van der Waals surface area contributed by atoms with Gasteiger partial charge in [-0.2, -0.15) is 0 Å². The monoisotopic (exact) mass is 1220 g/mol. The molecule has 2 fully saturated rings. The quantitative estimate of drug-likeness (QED) is 0.0430. The number of nitrogens with one attached hydrogen (secondary N) is 2. The SMILES string of the molecule is CO[C@H]1O[C@H](Cn2cc(CNC(=O)c3cccc(C(=O)NCc4cn(C[C@H]5O[C@H](OC)[C@H](OCc6ccccc6)[C@@H](OCc6ccccc6)[C@H]5OCc5ccccc5)nn4)c3)nn2)[C@H](OCc2ccccc2)[C@H](OCc2ccccc2)[C@H]1OCc1ccccc1. The fourth-order valence-corrected chi connectivity index (χ4v) is 10.9. The third kappa shape index (κ3) is 17.4. The smallest absolute Gasteiger partial charge is 0.251 e. The standard InChI is InChI=1S/C70H74N8O12/c1-81-69-65(87-47-53-30-17-7-18-31-53)63(85-45-51-26-13-5-14-27-51)61(83-43-49-22-9-3-10-23-49)59(89-69)41-77-39-57(73-75-77)37-71-67(79)55-34-21-35-56(36-55)68(80)72-38-58-40-78(76-74-58)42-60-62(84-44-50-24-11-4-12-25-50)64(86-46-52-28-15-6-16-29-52)66(70(82-2)90-60)88-48-54-32-19-8-20-33-54/h3-36,39-40,59-66,69-70H,37-38,41-48H2,1-2H3,(H,71,79)(H,72,80)/t59-,60-,61+,62+,63+,64+,65-,66-,69+,70+/m1/s1. The highest BCUT2D eigenvalue weighted by atomic mass is 16.7. The van der Waals surface area contributed by atoms with Crippen LogP contribution in [0.4, 0.5) is 0 Å². The molecular formula is C70H74N8O12. The molecule has 7 aromatic carbocycles. The molecule has 10 atom stereocenters. The third-order valence-electron chi connectivity index (χ3n) is 15.5. The molecule has 4 heterocycles. The van der Waals surface area contributed by atoms with Crippen molar-refractivity contribution < 1.29 is 57.0 Å². The Labute approximate surface area is 523 Å². The summed E-state index contributed by atoms with van der Waals surface area (Å²) in [4.78, 5) is 27.4. The normalized spacial score (nSPS) is 21.6. The summed E-state index contributed by atoms with van der Waals surface area (Å²) in [6.07, 6.45) is -3.40. The second-order valence-corrected chi connectivity index (χ2v) is 21.9. The lowest BCUT2D eigenvalue weighted by Gasteiger charge is -2.45. The van der Waals surface area contributed by atoms with Gasteiger partial charge >= 0.3 is 0 Å². The van der Waals surface area contributed by atoms with Gasteiger partial charge in [0.1, 0.15) is 60.2 Å². The highest BCUT2D eigenvalue weighted by Crippen LogP contribution is 2.34. The molecule has 2 saturated heterocycles. The summed E-state index contributed by atoms with van der Waals surface area (Å²) in [5, 5.41) is 23.5. The van der Waals surface area contributed by atoms with Crippen LogP contribution in [0.25, 0.3) is 0 Å². The first kappa shape index (κ1) is 62.9. The fourth-order valence-electron chi connectivity index (χ4n) is 10.9. The van der Waals surface area contributed by atoms with Crippen molar-refractivity contribution >= 4 is 11.8 Å². The van der Waals surface area contributed by atoms with Crippen LogP contribution >= 0.6 is 0 Å². The van der Waals surface area contributed by atoms with Crippen LogP contribution in [0.5, 0.6) is 0 Å². The number of benzene rings is 7. The summed E-state index contributed by atoms with van der Waals surface area (Å²) in [6, 6.07) is 65.9. The van der Waals surface area contributed by atoms with Gasteiger partial charge < -0.3 is 58.0 Å². The molecule has 20 heteroatoms. The molecule has 20 nitrogen and oxygen atoms in total. The summed E-state index contributed by atoms with van der Waals surface area (Å²) in [7, 11) is 3.16. The van der Waals surface area contributed by atoms with Crippen LogP contribution in [0.15, 0.2) is 219 Å². The van der Waals surface area contributed by atoms with Crippen LogP contribution in [-0.2, 0) is 113 Å². The molecule has 2 aliphatic rings. The van der Waals surface area contributed by atoms with Gasteiger partial charge in [-0.1, -0.05) is 198 Å². The molecule has 2 aliphatic heterocycles. The Morgan fingerprint density at radius 3 is 0.978 bits per heavy atom. The molecular weight excluding hydrogens is 1140 g/mol. The van der Waals surface area contributed by atoms with Gasteiger partial charge in [0.25, 0.3) is 11.8 Å². The number of aromatic nitrogens is 6. The lowest BCUT2D eigenvalue weighted by molar-refractivity contribution is -0.319. The van der Waals surface area contributed by atoms with Crippen molar-refractivity contribution in [2.45, 2.75) is 127 Å². The molecule has 0 radical (unpaired) electrons. The van der Waals surface area contributed by atoms with Gasteiger partial charge in [0.2, 0.25) is 0 Å². The van der Waals surface area contributed by atoms with Gasteiger partial charge in [-0.15, -0.1) is 10.2 Å². The number of hydrogen-bond donors (Lipinski definition) is 2. The minimum atomic E-state index is -0.828. The van der Waals surface area contributed by atoms with E-state index in [1.807, 2.05) is 182 Å². The average Bonchev–Trinajstić information content (AvgIpc) is 1.26. The second-order valence-electron chi connectivity index (χ2n) is 21.9. The van der Waals surface area contributed by atoms with E-state index in [4.69, 9.17) is 47.4 Å². The number of amides is 2. The van der Waals surface area contributed by atoms with E-state index >= 15 is 0 Å². The topological polar surface area (TPSA) is 212 Å². The summed E-state index contributed by atoms with van der Waals surface area (Å²) in [5.41, 5.74) is 7.42. The van der Waals surface area contributed by atoms with Gasteiger partial charge in [-0.25, -0.2) is 9.36 Å². The lowest BCUT2D eigenvalue weighted by Crippen LogP contribution is -2.61. The van der Waals surface area contributed by atoms with E-state index in [1.165, 1.54) is 6.07 Å². The number of rotatable bonds is 30. The van der Waals surface area contributed by atoms with Crippen molar-refractivity contribution in [1.29, 1.82) is 0 Å². The first-order valence-corrected chi connectivity index (χ1v) is 30.1. The predicted molar refractivity (Wildman–Crippen MR) is 330 cm³/mol. The maximum atomic E-state index is 13.7. The number of nitrogens with zero attached hydrogens (tertiary/aromatic N) is 6. The maximum absolute atomic E-state index is 13.7. The Morgan fingerprint density at radius 1 is 0.389 bits per heavy atom. The van der Waals surface area contributed by atoms with Crippen LogP contribution < -0.4 is 10.6 Å². The minimum Gasteiger partial charge on any atom is -0.368 e. The second kappa shape index (κ2) is 32.2. The number of ether oxygens (including phenoxy) is 10. The summed E-state index contributed by atoms with van der Waals surface area (Å²) in [5.74, 6) is -0.827. The number of carbonyl (C=O) groups is 2.